The van der Waals surface area contributed by atoms with Crippen LogP contribution >= 0.6 is 11.6 Å². The van der Waals surface area contributed by atoms with Crippen molar-refractivity contribution in [3.63, 3.8) is 0 Å². The summed E-state index contributed by atoms with van der Waals surface area (Å²) in [7, 11) is 0. The first-order valence-electron chi connectivity index (χ1n) is 5.70. The maximum absolute atomic E-state index is 6.18. The lowest BCUT2D eigenvalue weighted by Gasteiger charge is -2.28. The number of halogens is 1. The van der Waals surface area contributed by atoms with Gasteiger partial charge in [0.2, 0.25) is 0 Å². The Bertz CT molecular complexity index is 346. The van der Waals surface area contributed by atoms with Gasteiger partial charge in [-0.3, -0.25) is 0 Å². The fourth-order valence-electron chi connectivity index (χ4n) is 2.41. The Kier molecular flexibility index (Phi) is 3.20. The lowest BCUT2D eigenvalue weighted by atomic mass is 9.85. The van der Waals surface area contributed by atoms with Gasteiger partial charge in [0.1, 0.15) is 0 Å². The molecule has 1 aliphatic rings. The Morgan fingerprint density at radius 3 is 3.00 bits per heavy atom. The molecule has 0 fully saturated rings. The fraction of sp³-hybridized carbons (Fsp3) is 0.538. The van der Waals surface area contributed by atoms with Crippen LogP contribution in [0.4, 0.5) is 5.69 Å². The zero-order chi connectivity index (χ0) is 10.8. The van der Waals surface area contributed by atoms with Crippen LogP contribution < -0.4 is 5.32 Å². The molecule has 1 heterocycles. The molecule has 0 saturated heterocycles. The summed E-state index contributed by atoms with van der Waals surface area (Å²) >= 11 is 6.18. The second kappa shape index (κ2) is 4.44. The van der Waals surface area contributed by atoms with Crippen molar-refractivity contribution < 1.29 is 0 Å². The fourth-order valence-corrected chi connectivity index (χ4v) is 2.66. The van der Waals surface area contributed by atoms with Crippen molar-refractivity contribution in [2.75, 3.05) is 11.9 Å². The molecular formula is C13H18ClN. The largest absolute Gasteiger partial charge is 0.384 e. The van der Waals surface area contributed by atoms with Crippen molar-refractivity contribution in [2.45, 2.75) is 32.6 Å². The predicted molar refractivity (Wildman–Crippen MR) is 66.8 cm³/mol. The molecule has 0 aliphatic carbocycles. The van der Waals surface area contributed by atoms with Crippen LogP contribution in [0.15, 0.2) is 18.2 Å². The van der Waals surface area contributed by atoms with Crippen LogP contribution in [0.1, 0.15) is 38.2 Å². The van der Waals surface area contributed by atoms with E-state index < -0.39 is 0 Å². The van der Waals surface area contributed by atoms with Gasteiger partial charge in [0.15, 0.2) is 0 Å². The average Bonchev–Trinajstić information content (AvgIpc) is 2.19. The lowest BCUT2D eigenvalue weighted by Crippen LogP contribution is -2.18. The van der Waals surface area contributed by atoms with Crippen LogP contribution in [-0.4, -0.2) is 6.54 Å². The molecule has 1 aromatic carbocycles. The number of rotatable bonds is 2. The third-order valence-electron chi connectivity index (χ3n) is 3.04. The number of para-hydroxylation sites is 1. The van der Waals surface area contributed by atoms with E-state index in [-0.39, 0.29) is 0 Å². The first-order valence-corrected chi connectivity index (χ1v) is 6.08. The number of anilines is 1. The highest BCUT2D eigenvalue weighted by molar-refractivity contribution is 6.33. The third kappa shape index (κ3) is 2.28. The first kappa shape index (κ1) is 10.8. The van der Waals surface area contributed by atoms with Crippen molar-refractivity contribution >= 4 is 17.3 Å². The number of nitrogens with one attached hydrogen (secondary N) is 1. The lowest BCUT2D eigenvalue weighted by molar-refractivity contribution is 0.477. The summed E-state index contributed by atoms with van der Waals surface area (Å²) < 4.78 is 0. The number of hydrogen-bond acceptors (Lipinski definition) is 1. The highest BCUT2D eigenvalue weighted by Gasteiger charge is 2.21. The molecule has 1 nitrogen and oxygen atoms in total. The van der Waals surface area contributed by atoms with Gasteiger partial charge < -0.3 is 5.32 Å². The van der Waals surface area contributed by atoms with E-state index in [1.165, 1.54) is 18.4 Å². The van der Waals surface area contributed by atoms with E-state index in [1.807, 2.05) is 6.07 Å². The van der Waals surface area contributed by atoms with Gasteiger partial charge in [-0.25, -0.2) is 0 Å². The Balaban J connectivity index is 2.30. The number of hydrogen-bond donors (Lipinski definition) is 1. The van der Waals surface area contributed by atoms with E-state index in [0.717, 1.165) is 23.2 Å². The molecule has 1 aromatic rings. The topological polar surface area (TPSA) is 12.0 Å². The van der Waals surface area contributed by atoms with E-state index in [0.29, 0.717) is 5.92 Å². The minimum atomic E-state index is 0.681. The molecule has 82 valence electrons. The zero-order valence-electron chi connectivity index (χ0n) is 9.39. The van der Waals surface area contributed by atoms with Crippen LogP contribution in [0.3, 0.4) is 0 Å². The average molecular weight is 224 g/mol. The second-order valence-corrected chi connectivity index (χ2v) is 5.15. The van der Waals surface area contributed by atoms with Crippen molar-refractivity contribution in [1.29, 1.82) is 0 Å². The van der Waals surface area contributed by atoms with Gasteiger partial charge in [0.05, 0.1) is 10.7 Å². The molecule has 0 bridgehead atoms. The summed E-state index contributed by atoms with van der Waals surface area (Å²) in [6.07, 6.45) is 2.49. The van der Waals surface area contributed by atoms with Crippen molar-refractivity contribution in [3.8, 4) is 0 Å². The van der Waals surface area contributed by atoms with Gasteiger partial charge in [-0.2, -0.15) is 0 Å². The summed E-state index contributed by atoms with van der Waals surface area (Å²) in [4.78, 5) is 0. The summed E-state index contributed by atoms with van der Waals surface area (Å²) in [6, 6.07) is 6.23. The molecule has 0 amide bonds. The van der Waals surface area contributed by atoms with Crippen LogP contribution in [0.25, 0.3) is 0 Å². The van der Waals surface area contributed by atoms with E-state index in [1.54, 1.807) is 0 Å². The number of fused-ring (bicyclic) bond motifs is 1. The molecule has 0 radical (unpaired) electrons. The van der Waals surface area contributed by atoms with Gasteiger partial charge >= 0.3 is 0 Å². The van der Waals surface area contributed by atoms with Gasteiger partial charge in [-0.15, -0.1) is 0 Å². The van der Waals surface area contributed by atoms with Crippen LogP contribution in [0, 0.1) is 5.92 Å². The Morgan fingerprint density at radius 1 is 1.47 bits per heavy atom. The SMILES string of the molecule is CC(C)CC1CCNc2c(Cl)cccc21. The molecule has 1 atom stereocenters. The summed E-state index contributed by atoms with van der Waals surface area (Å²) in [5, 5.41) is 4.26. The van der Waals surface area contributed by atoms with Gasteiger partial charge in [-0.1, -0.05) is 37.6 Å². The summed E-state index contributed by atoms with van der Waals surface area (Å²) in [5.74, 6) is 1.43. The van der Waals surface area contributed by atoms with Gasteiger partial charge in [0, 0.05) is 6.54 Å². The second-order valence-electron chi connectivity index (χ2n) is 4.75. The molecule has 2 heteroatoms. The zero-order valence-corrected chi connectivity index (χ0v) is 10.1. The standard InChI is InChI=1S/C13H18ClN/c1-9(2)8-10-6-7-15-13-11(10)4-3-5-12(13)14/h3-5,9-10,15H,6-8H2,1-2H3. The van der Waals surface area contributed by atoms with Crippen LogP contribution in [0.5, 0.6) is 0 Å². The first-order chi connectivity index (χ1) is 7.18. The predicted octanol–water partition coefficient (Wildman–Crippen LogP) is 4.29. The molecule has 1 unspecified atom stereocenters. The molecular weight excluding hydrogens is 206 g/mol. The monoisotopic (exact) mass is 223 g/mol. The van der Waals surface area contributed by atoms with E-state index in [2.05, 4.69) is 31.3 Å². The van der Waals surface area contributed by atoms with Crippen molar-refractivity contribution in [2.24, 2.45) is 5.92 Å². The molecule has 0 aromatic heterocycles. The molecule has 15 heavy (non-hydrogen) atoms. The summed E-state index contributed by atoms with van der Waals surface area (Å²) in [5.41, 5.74) is 2.57. The molecule has 1 N–H and O–H groups in total. The van der Waals surface area contributed by atoms with E-state index in [9.17, 15) is 0 Å². The highest BCUT2D eigenvalue weighted by Crippen LogP contribution is 2.39. The summed E-state index contributed by atoms with van der Waals surface area (Å²) in [6.45, 7) is 5.62. The molecule has 0 spiro atoms. The van der Waals surface area contributed by atoms with Crippen LogP contribution in [0.2, 0.25) is 5.02 Å². The minimum Gasteiger partial charge on any atom is -0.384 e. The smallest absolute Gasteiger partial charge is 0.0640 e. The van der Waals surface area contributed by atoms with E-state index >= 15 is 0 Å². The third-order valence-corrected chi connectivity index (χ3v) is 3.35. The Morgan fingerprint density at radius 2 is 2.27 bits per heavy atom. The maximum Gasteiger partial charge on any atom is 0.0640 e. The molecule has 0 saturated carbocycles. The van der Waals surface area contributed by atoms with Crippen LogP contribution in [-0.2, 0) is 0 Å². The van der Waals surface area contributed by atoms with Crippen molar-refractivity contribution in [3.05, 3.63) is 28.8 Å². The Labute approximate surface area is 96.8 Å². The van der Waals surface area contributed by atoms with Gasteiger partial charge in [0.25, 0.3) is 0 Å². The Hall–Kier alpha value is -0.690. The maximum atomic E-state index is 6.18. The molecule has 2 rings (SSSR count). The van der Waals surface area contributed by atoms with E-state index in [4.69, 9.17) is 11.6 Å². The highest BCUT2D eigenvalue weighted by atomic mass is 35.5. The quantitative estimate of drug-likeness (QED) is 0.789. The number of benzene rings is 1. The van der Waals surface area contributed by atoms with Crippen molar-refractivity contribution in [1.82, 2.24) is 0 Å². The van der Waals surface area contributed by atoms with Gasteiger partial charge in [-0.05, 0) is 36.3 Å². The molecule has 1 aliphatic heterocycles. The minimum absolute atomic E-state index is 0.681. The normalized spacial score (nSPS) is 19.9.